The van der Waals surface area contributed by atoms with Gasteiger partial charge in [-0.15, -0.1) is 13.2 Å². The van der Waals surface area contributed by atoms with Crippen molar-refractivity contribution in [3.05, 3.63) is 87.7 Å². The van der Waals surface area contributed by atoms with E-state index in [-0.39, 0.29) is 22.8 Å². The Kier molecular flexibility index (Phi) is 11.5. The van der Waals surface area contributed by atoms with E-state index in [9.17, 15) is 31.9 Å². The number of benzene rings is 2. The fourth-order valence-corrected chi connectivity index (χ4v) is 7.26. The molecule has 3 saturated heterocycles. The Morgan fingerprint density at radius 2 is 1.59 bits per heavy atom. The first-order valence-electron chi connectivity index (χ1n) is 17.2. The van der Waals surface area contributed by atoms with Gasteiger partial charge in [0.15, 0.2) is 0 Å². The van der Waals surface area contributed by atoms with Crippen LogP contribution in [-0.2, 0) is 11.8 Å². The molecule has 6 rings (SSSR count). The number of alkyl halides is 3. The van der Waals surface area contributed by atoms with Crippen LogP contribution >= 0.6 is 0 Å². The second-order valence-corrected chi connectivity index (χ2v) is 13.6. The number of nitrogen functional groups attached to an aromatic ring is 1. The fourth-order valence-electron chi connectivity index (χ4n) is 7.26. The summed E-state index contributed by atoms with van der Waals surface area (Å²) in [5, 5.41) is 2.65. The molecular formula is C38H45F4N5O4. The topological polar surface area (TPSA) is 110 Å². The number of rotatable bonds is 5. The molecule has 0 bridgehead atoms. The summed E-state index contributed by atoms with van der Waals surface area (Å²) in [5.74, 6) is -0.474. The SMILES string of the molecule is C=C1CCCC(=O)N1.Cc1c(-c2ccc(C(=O)N3CCC(C4CCN(c5ccc(N)cc5F)CC4)CC3)c(OC(F)(F)F)c2)cn(C)c(=O)c1C. The zero-order valence-electron chi connectivity index (χ0n) is 29.2. The average molecular weight is 712 g/mol. The molecular weight excluding hydrogens is 666 g/mol. The Balaban J connectivity index is 0.000000556. The summed E-state index contributed by atoms with van der Waals surface area (Å²) in [7, 11) is 1.58. The summed E-state index contributed by atoms with van der Waals surface area (Å²) in [5.41, 5.74) is 9.27. The Hall–Kier alpha value is -4.81. The van der Waals surface area contributed by atoms with Gasteiger partial charge in [0.2, 0.25) is 5.91 Å². The molecule has 2 amide bonds. The molecule has 3 aliphatic rings. The van der Waals surface area contributed by atoms with Gasteiger partial charge in [0.25, 0.3) is 11.5 Å². The Morgan fingerprint density at radius 1 is 0.941 bits per heavy atom. The third-order valence-corrected chi connectivity index (χ3v) is 10.2. The molecule has 274 valence electrons. The van der Waals surface area contributed by atoms with Crippen LogP contribution in [-0.4, -0.2) is 53.8 Å². The number of halogens is 4. The number of piperidine rings is 3. The molecule has 0 atom stereocenters. The zero-order valence-corrected chi connectivity index (χ0v) is 29.2. The fraction of sp³-hybridized carbons (Fsp3) is 0.447. The second kappa shape index (κ2) is 15.6. The van der Waals surface area contributed by atoms with Crippen LogP contribution in [0.15, 0.2) is 59.7 Å². The zero-order chi connectivity index (χ0) is 37.0. The van der Waals surface area contributed by atoms with Gasteiger partial charge in [-0.2, -0.15) is 0 Å². The number of aryl methyl sites for hydroxylation is 1. The molecule has 0 unspecified atom stereocenters. The predicted octanol–water partition coefficient (Wildman–Crippen LogP) is 6.86. The molecule has 0 spiro atoms. The lowest BCUT2D eigenvalue weighted by Crippen LogP contribution is -2.43. The van der Waals surface area contributed by atoms with Crippen molar-refractivity contribution >= 4 is 23.2 Å². The number of nitrogens with one attached hydrogen (secondary N) is 1. The summed E-state index contributed by atoms with van der Waals surface area (Å²) < 4.78 is 60.4. The van der Waals surface area contributed by atoms with Crippen molar-refractivity contribution in [3.63, 3.8) is 0 Å². The van der Waals surface area contributed by atoms with E-state index in [0.717, 1.165) is 57.3 Å². The number of hydrogen-bond donors (Lipinski definition) is 2. The van der Waals surface area contributed by atoms with Crippen LogP contribution < -0.4 is 26.2 Å². The standard InChI is InChI=1S/C32H36F4N4O3.C6H9NO/c1-19-20(2)30(41)38(3)18-26(19)23-4-6-25(29(16-23)43-32(34,35)36)31(42)40-14-10-22(11-15-40)21-8-12-39(13-9-21)28-7-5-24(37)17-27(28)33;1-5-3-2-4-6(8)7-5/h4-7,16-18,21-22H,8-15,37H2,1-3H3;1-4H2,(H,7,8). The highest BCUT2D eigenvalue weighted by Gasteiger charge is 2.36. The molecule has 3 fully saturated rings. The van der Waals surface area contributed by atoms with E-state index in [4.69, 9.17) is 5.73 Å². The molecule has 13 heteroatoms. The maximum Gasteiger partial charge on any atom is 0.573 e. The highest BCUT2D eigenvalue weighted by molar-refractivity contribution is 5.98. The molecule has 3 aromatic rings. The van der Waals surface area contributed by atoms with E-state index < -0.39 is 18.0 Å². The van der Waals surface area contributed by atoms with Crippen molar-refractivity contribution in [2.24, 2.45) is 18.9 Å². The molecule has 0 saturated carbocycles. The van der Waals surface area contributed by atoms with Crippen molar-refractivity contribution in [2.75, 3.05) is 36.8 Å². The number of carbonyl (C=O) groups is 2. The number of nitrogens with two attached hydrogens (primary N) is 1. The van der Waals surface area contributed by atoms with E-state index in [1.165, 1.54) is 22.8 Å². The lowest BCUT2D eigenvalue weighted by Gasteiger charge is -2.41. The van der Waals surface area contributed by atoms with E-state index in [1.807, 2.05) is 4.90 Å². The molecule has 3 aliphatic heterocycles. The molecule has 3 N–H and O–H groups in total. The van der Waals surface area contributed by atoms with Gasteiger partial charge in [0.05, 0.1) is 11.3 Å². The van der Waals surface area contributed by atoms with Gasteiger partial charge in [-0.05, 0) is 106 Å². The number of anilines is 2. The molecule has 0 aliphatic carbocycles. The van der Waals surface area contributed by atoms with Crippen LogP contribution in [0.5, 0.6) is 5.75 Å². The van der Waals surface area contributed by atoms with Crippen LogP contribution in [0, 0.1) is 31.5 Å². The third-order valence-electron chi connectivity index (χ3n) is 10.2. The summed E-state index contributed by atoms with van der Waals surface area (Å²) in [6, 6.07) is 8.92. The number of allylic oxidation sites excluding steroid dienone is 1. The normalized spacial score (nSPS) is 17.5. The quantitative estimate of drug-likeness (QED) is 0.221. The van der Waals surface area contributed by atoms with Crippen LogP contribution in [0.3, 0.4) is 0 Å². The monoisotopic (exact) mass is 711 g/mol. The first-order chi connectivity index (χ1) is 24.1. The average Bonchev–Trinajstić information content (AvgIpc) is 3.08. The Bertz CT molecular complexity index is 1830. The largest absolute Gasteiger partial charge is 0.573 e. The summed E-state index contributed by atoms with van der Waals surface area (Å²) in [6.07, 6.45) is 2.46. The van der Waals surface area contributed by atoms with Gasteiger partial charge in [-0.3, -0.25) is 14.4 Å². The van der Waals surface area contributed by atoms with E-state index >= 15 is 0 Å². The number of aromatic nitrogens is 1. The van der Waals surface area contributed by atoms with Crippen molar-refractivity contribution in [1.29, 1.82) is 0 Å². The number of ether oxygens (including phenoxy) is 1. The van der Waals surface area contributed by atoms with Crippen LogP contribution in [0.4, 0.5) is 28.9 Å². The van der Waals surface area contributed by atoms with E-state index in [0.29, 0.717) is 65.0 Å². The first-order valence-corrected chi connectivity index (χ1v) is 17.2. The molecule has 4 heterocycles. The summed E-state index contributed by atoms with van der Waals surface area (Å²) in [6.45, 7) is 9.35. The van der Waals surface area contributed by atoms with Crippen molar-refractivity contribution in [2.45, 2.75) is 65.2 Å². The highest BCUT2D eigenvalue weighted by Crippen LogP contribution is 2.37. The Labute approximate surface area is 295 Å². The predicted molar refractivity (Wildman–Crippen MR) is 189 cm³/mol. The number of hydrogen-bond acceptors (Lipinski definition) is 6. The Morgan fingerprint density at radius 3 is 2.16 bits per heavy atom. The molecule has 1 aromatic heterocycles. The lowest BCUT2D eigenvalue weighted by atomic mass is 9.78. The van der Waals surface area contributed by atoms with Gasteiger partial charge in [0.1, 0.15) is 11.6 Å². The highest BCUT2D eigenvalue weighted by atomic mass is 19.4. The van der Waals surface area contributed by atoms with Crippen molar-refractivity contribution in [3.8, 4) is 16.9 Å². The van der Waals surface area contributed by atoms with Crippen molar-refractivity contribution < 1.29 is 31.9 Å². The van der Waals surface area contributed by atoms with Crippen LogP contribution in [0.1, 0.15) is 66.4 Å². The van der Waals surface area contributed by atoms with Crippen LogP contribution in [0.2, 0.25) is 0 Å². The molecule has 0 radical (unpaired) electrons. The van der Waals surface area contributed by atoms with Gasteiger partial charge >= 0.3 is 6.36 Å². The minimum Gasteiger partial charge on any atom is -0.405 e. The molecule has 51 heavy (non-hydrogen) atoms. The summed E-state index contributed by atoms with van der Waals surface area (Å²) in [4.78, 5) is 39.9. The first kappa shape index (κ1) is 37.4. The number of amides is 2. The van der Waals surface area contributed by atoms with Gasteiger partial charge in [-0.1, -0.05) is 12.6 Å². The lowest BCUT2D eigenvalue weighted by molar-refractivity contribution is -0.274. The van der Waals surface area contributed by atoms with Gasteiger partial charge in [0, 0.05) is 68.4 Å². The number of carbonyl (C=O) groups excluding carboxylic acids is 2. The third kappa shape index (κ3) is 9.11. The van der Waals surface area contributed by atoms with Gasteiger partial charge < -0.3 is 30.2 Å². The second-order valence-electron chi connectivity index (χ2n) is 13.6. The van der Waals surface area contributed by atoms with Crippen LogP contribution in [0.25, 0.3) is 11.1 Å². The number of nitrogens with zero attached hydrogens (tertiary/aromatic N) is 3. The van der Waals surface area contributed by atoms with E-state index in [1.54, 1.807) is 50.2 Å². The maximum atomic E-state index is 14.4. The minimum atomic E-state index is -4.99. The van der Waals surface area contributed by atoms with E-state index in [2.05, 4.69) is 16.6 Å². The minimum absolute atomic E-state index is 0.112. The number of pyridine rings is 1. The molecule has 9 nitrogen and oxygen atoms in total. The maximum absolute atomic E-state index is 14.4. The van der Waals surface area contributed by atoms with Gasteiger partial charge in [-0.25, -0.2) is 4.39 Å². The molecule has 2 aromatic carbocycles. The summed E-state index contributed by atoms with van der Waals surface area (Å²) >= 11 is 0. The van der Waals surface area contributed by atoms with Crippen molar-refractivity contribution in [1.82, 2.24) is 14.8 Å². The number of likely N-dealkylation sites (tertiary alicyclic amines) is 1. The smallest absolute Gasteiger partial charge is 0.405 e.